The molecule has 0 spiro atoms. The summed E-state index contributed by atoms with van der Waals surface area (Å²) in [4.78, 5) is 0. The molecule has 0 aromatic heterocycles. The lowest BCUT2D eigenvalue weighted by Crippen LogP contribution is -1.98. The minimum Gasteiger partial charge on any atom is -0.110 e. The lowest BCUT2D eigenvalue weighted by atomic mass is 10.1. The highest BCUT2D eigenvalue weighted by atomic mass is 31.1. The third kappa shape index (κ3) is 13.3. The lowest BCUT2D eigenvalue weighted by Gasteiger charge is -2.17. The smallest absolute Gasteiger partial charge is 0.0289 e. The Morgan fingerprint density at radius 2 is 0.944 bits per heavy atom. The Balaban J connectivity index is 3.44. The highest BCUT2D eigenvalue weighted by Gasteiger charge is 2.06. The molecule has 0 nitrogen and oxygen atoms in total. The predicted molar refractivity (Wildman–Crippen MR) is 93.3 cm³/mol. The van der Waals surface area contributed by atoms with E-state index in [0.717, 1.165) is 11.8 Å². The van der Waals surface area contributed by atoms with Crippen LogP contribution in [0.1, 0.15) is 53.4 Å². The van der Waals surface area contributed by atoms with Crippen molar-refractivity contribution in [2.75, 3.05) is 38.0 Å². The van der Waals surface area contributed by atoms with Crippen LogP contribution in [0.2, 0.25) is 0 Å². The second kappa shape index (κ2) is 11.7. The molecule has 0 aliphatic carbocycles. The summed E-state index contributed by atoms with van der Waals surface area (Å²) in [7, 11) is 0.690. The predicted octanol–water partition coefficient (Wildman–Crippen LogP) is 6.08. The van der Waals surface area contributed by atoms with Crippen LogP contribution in [0.3, 0.4) is 0 Å². The van der Waals surface area contributed by atoms with Crippen LogP contribution in [0.15, 0.2) is 0 Å². The first-order chi connectivity index (χ1) is 8.41. The molecule has 0 amide bonds. The van der Waals surface area contributed by atoms with Crippen molar-refractivity contribution in [3.05, 3.63) is 0 Å². The van der Waals surface area contributed by atoms with Crippen molar-refractivity contribution in [1.82, 2.24) is 0 Å². The molecule has 0 fully saturated rings. The highest BCUT2D eigenvalue weighted by molar-refractivity contribution is 7.60. The normalized spacial score (nSPS) is 15.3. The molecule has 0 N–H and O–H groups in total. The molecule has 0 bridgehead atoms. The van der Waals surface area contributed by atoms with Crippen molar-refractivity contribution in [3.63, 3.8) is 0 Å². The van der Waals surface area contributed by atoms with Gasteiger partial charge in [-0.25, -0.2) is 0 Å². The Bertz CT molecular complexity index is 158. The quantitative estimate of drug-likeness (QED) is 0.404. The molecule has 0 heterocycles. The third-order valence-electron chi connectivity index (χ3n) is 3.51. The maximum Gasteiger partial charge on any atom is -0.0289 e. The molecule has 0 saturated carbocycles. The van der Waals surface area contributed by atoms with E-state index in [-0.39, 0.29) is 0 Å². The Labute approximate surface area is 119 Å². The van der Waals surface area contributed by atoms with Crippen LogP contribution in [0.25, 0.3) is 0 Å². The van der Waals surface area contributed by atoms with Crippen LogP contribution < -0.4 is 0 Å². The van der Waals surface area contributed by atoms with Crippen LogP contribution in [-0.4, -0.2) is 38.0 Å². The van der Waals surface area contributed by atoms with E-state index in [9.17, 15) is 0 Å². The highest BCUT2D eigenvalue weighted by Crippen LogP contribution is 2.39. The van der Waals surface area contributed by atoms with E-state index in [0.29, 0.717) is 15.8 Å². The lowest BCUT2D eigenvalue weighted by molar-refractivity contribution is 0.578. The zero-order chi connectivity index (χ0) is 14.0. The second-order valence-electron chi connectivity index (χ2n) is 6.68. The van der Waals surface area contributed by atoms with Gasteiger partial charge in [0.1, 0.15) is 0 Å². The first-order valence-electron chi connectivity index (χ1n) is 7.79. The molecule has 0 radical (unpaired) electrons. The van der Waals surface area contributed by atoms with Crippen molar-refractivity contribution >= 4 is 15.8 Å². The molecule has 0 aromatic carbocycles. The summed E-state index contributed by atoms with van der Waals surface area (Å²) in [6.45, 7) is 14.4. The van der Waals surface area contributed by atoms with E-state index in [4.69, 9.17) is 0 Å². The molecule has 2 unspecified atom stereocenters. The topological polar surface area (TPSA) is 0 Å². The Morgan fingerprint density at radius 1 is 0.611 bits per heavy atom. The summed E-state index contributed by atoms with van der Waals surface area (Å²) in [5.41, 5.74) is 0. The fourth-order valence-corrected chi connectivity index (χ4v) is 6.73. The molecule has 0 aliphatic rings. The summed E-state index contributed by atoms with van der Waals surface area (Å²) in [5, 5.41) is 0. The van der Waals surface area contributed by atoms with E-state index in [1.807, 2.05) is 0 Å². The van der Waals surface area contributed by atoms with Crippen molar-refractivity contribution < 1.29 is 0 Å². The average Bonchev–Trinajstić information content (AvgIpc) is 2.25. The standard InChI is InChI=1S/C16H36P2/c1-15(2)9-7-11-17(5)13-14-18(6)12-8-10-16(3)4/h15-16H,7-14H2,1-6H3. The van der Waals surface area contributed by atoms with Gasteiger partial charge in [0, 0.05) is 0 Å². The number of rotatable bonds is 11. The third-order valence-corrected chi connectivity index (χ3v) is 7.99. The van der Waals surface area contributed by atoms with Crippen LogP contribution in [0.4, 0.5) is 0 Å². The first-order valence-corrected chi connectivity index (χ1v) is 12.1. The Kier molecular flexibility index (Phi) is 12.2. The van der Waals surface area contributed by atoms with Gasteiger partial charge in [0.2, 0.25) is 0 Å². The van der Waals surface area contributed by atoms with Crippen molar-refractivity contribution in [1.29, 1.82) is 0 Å². The fourth-order valence-electron chi connectivity index (χ4n) is 2.10. The first kappa shape index (κ1) is 18.9. The molecule has 2 atom stereocenters. The largest absolute Gasteiger partial charge is 0.110 e. The molecule has 110 valence electrons. The van der Waals surface area contributed by atoms with E-state index in [1.165, 1.54) is 50.3 Å². The maximum atomic E-state index is 2.52. The van der Waals surface area contributed by atoms with E-state index < -0.39 is 0 Å². The fraction of sp³-hybridized carbons (Fsp3) is 1.00. The van der Waals surface area contributed by atoms with Gasteiger partial charge in [-0.15, -0.1) is 15.8 Å². The SMILES string of the molecule is CC(C)CCCP(C)CCP(C)CCCC(C)C. The molecular formula is C16H36P2. The minimum absolute atomic E-state index is 0.345. The summed E-state index contributed by atoms with van der Waals surface area (Å²) in [6.07, 6.45) is 11.9. The Morgan fingerprint density at radius 3 is 1.22 bits per heavy atom. The maximum absolute atomic E-state index is 2.52. The monoisotopic (exact) mass is 290 g/mol. The van der Waals surface area contributed by atoms with Crippen molar-refractivity contribution in [2.45, 2.75) is 53.4 Å². The van der Waals surface area contributed by atoms with Gasteiger partial charge in [-0.2, -0.15) is 0 Å². The van der Waals surface area contributed by atoms with Gasteiger partial charge >= 0.3 is 0 Å². The van der Waals surface area contributed by atoms with Crippen molar-refractivity contribution in [2.24, 2.45) is 11.8 Å². The molecule has 0 saturated heterocycles. The van der Waals surface area contributed by atoms with Crippen LogP contribution in [0.5, 0.6) is 0 Å². The summed E-state index contributed by atoms with van der Waals surface area (Å²) >= 11 is 0. The molecular weight excluding hydrogens is 254 g/mol. The molecule has 0 aliphatic heterocycles. The van der Waals surface area contributed by atoms with Gasteiger partial charge in [-0.05, 0) is 62.7 Å². The van der Waals surface area contributed by atoms with Gasteiger partial charge in [-0.3, -0.25) is 0 Å². The van der Waals surface area contributed by atoms with Crippen molar-refractivity contribution in [3.8, 4) is 0 Å². The van der Waals surface area contributed by atoms with Gasteiger partial charge in [-0.1, -0.05) is 40.5 Å². The number of hydrogen-bond donors (Lipinski definition) is 0. The Hall–Kier alpha value is 0.860. The zero-order valence-corrected chi connectivity index (χ0v) is 15.5. The molecule has 0 aromatic rings. The molecule has 18 heavy (non-hydrogen) atoms. The van der Waals surface area contributed by atoms with E-state index >= 15 is 0 Å². The average molecular weight is 290 g/mol. The zero-order valence-electron chi connectivity index (χ0n) is 13.7. The van der Waals surface area contributed by atoms with Gasteiger partial charge in [0.15, 0.2) is 0 Å². The van der Waals surface area contributed by atoms with Crippen LogP contribution in [0, 0.1) is 11.8 Å². The summed E-state index contributed by atoms with van der Waals surface area (Å²) < 4.78 is 0. The summed E-state index contributed by atoms with van der Waals surface area (Å²) in [5.74, 6) is 1.79. The van der Waals surface area contributed by atoms with E-state index in [2.05, 4.69) is 41.0 Å². The van der Waals surface area contributed by atoms with Crippen LogP contribution in [-0.2, 0) is 0 Å². The van der Waals surface area contributed by atoms with Gasteiger partial charge in [0.25, 0.3) is 0 Å². The minimum atomic E-state index is 0.345. The number of hydrogen-bond acceptors (Lipinski definition) is 0. The second-order valence-corrected chi connectivity index (χ2v) is 11.9. The van der Waals surface area contributed by atoms with Gasteiger partial charge in [0.05, 0.1) is 0 Å². The van der Waals surface area contributed by atoms with Gasteiger partial charge < -0.3 is 0 Å². The van der Waals surface area contributed by atoms with E-state index in [1.54, 1.807) is 0 Å². The molecule has 0 rings (SSSR count). The summed E-state index contributed by atoms with van der Waals surface area (Å²) in [6, 6.07) is 0. The van der Waals surface area contributed by atoms with Crippen LogP contribution >= 0.6 is 15.8 Å². The molecule has 2 heteroatoms.